The molecule has 0 saturated carbocycles. The summed E-state index contributed by atoms with van der Waals surface area (Å²) in [6.45, 7) is 8.63. The molecule has 3 nitrogen and oxygen atoms in total. The normalized spacial score (nSPS) is 33.1. The van der Waals surface area contributed by atoms with Crippen molar-refractivity contribution in [2.24, 2.45) is 11.7 Å². The van der Waals surface area contributed by atoms with Crippen LogP contribution in [0.25, 0.3) is 0 Å². The third kappa shape index (κ3) is 2.47. The fraction of sp³-hybridized carbons (Fsp3) is 0.667. The number of fused-ring (bicyclic) bond motifs is 1. The van der Waals surface area contributed by atoms with Crippen molar-refractivity contribution in [2.45, 2.75) is 58.0 Å². The summed E-state index contributed by atoms with van der Waals surface area (Å²) in [5.74, 6) is 1.61. The first kappa shape index (κ1) is 14.9. The lowest BCUT2D eigenvalue weighted by molar-refractivity contribution is 0.0710. The van der Waals surface area contributed by atoms with Gasteiger partial charge in [-0.3, -0.25) is 4.90 Å². The van der Waals surface area contributed by atoms with Crippen LogP contribution in [0.5, 0.6) is 5.75 Å². The first-order valence-corrected chi connectivity index (χ1v) is 8.31. The standard InChI is InChI=1S/C18H28N2O/c1-11-4-7-16(21)18-15(8-12(2)17(11)18)20-10-14(9-19)6-5-13(20)3/h4,7,12-15,21H,5-6,8-10,19H2,1-3H3. The van der Waals surface area contributed by atoms with Crippen LogP contribution in [0, 0.1) is 12.8 Å². The molecule has 3 heteroatoms. The Labute approximate surface area is 128 Å². The molecule has 1 heterocycles. The predicted molar refractivity (Wildman–Crippen MR) is 86.6 cm³/mol. The number of nitrogens with two attached hydrogens (primary N) is 1. The van der Waals surface area contributed by atoms with E-state index in [0.717, 1.165) is 19.5 Å². The fourth-order valence-corrected chi connectivity index (χ4v) is 4.45. The molecule has 3 rings (SSSR count). The summed E-state index contributed by atoms with van der Waals surface area (Å²) in [5, 5.41) is 10.4. The van der Waals surface area contributed by atoms with Gasteiger partial charge in [0.1, 0.15) is 5.75 Å². The second-order valence-corrected chi connectivity index (χ2v) is 7.11. The van der Waals surface area contributed by atoms with Gasteiger partial charge in [0, 0.05) is 24.2 Å². The third-order valence-corrected chi connectivity index (χ3v) is 5.65. The molecule has 1 aromatic carbocycles. The maximum absolute atomic E-state index is 10.4. The average Bonchev–Trinajstić information content (AvgIpc) is 2.82. The summed E-state index contributed by atoms with van der Waals surface area (Å²) in [6.07, 6.45) is 3.58. The van der Waals surface area contributed by atoms with Crippen molar-refractivity contribution in [3.8, 4) is 5.75 Å². The van der Waals surface area contributed by atoms with Gasteiger partial charge in [0.2, 0.25) is 0 Å². The Hall–Kier alpha value is -1.06. The molecule has 0 spiro atoms. The fourth-order valence-electron chi connectivity index (χ4n) is 4.45. The molecule has 116 valence electrons. The van der Waals surface area contributed by atoms with Crippen LogP contribution in [-0.2, 0) is 0 Å². The number of rotatable bonds is 2. The van der Waals surface area contributed by atoms with E-state index < -0.39 is 0 Å². The van der Waals surface area contributed by atoms with Crippen LogP contribution < -0.4 is 5.73 Å². The van der Waals surface area contributed by atoms with Gasteiger partial charge in [-0.15, -0.1) is 0 Å². The maximum Gasteiger partial charge on any atom is 0.120 e. The molecule has 2 aliphatic rings. The maximum atomic E-state index is 10.4. The summed E-state index contributed by atoms with van der Waals surface area (Å²) in [5.41, 5.74) is 9.79. The van der Waals surface area contributed by atoms with E-state index in [-0.39, 0.29) is 0 Å². The Bertz CT molecular complexity index is 528. The summed E-state index contributed by atoms with van der Waals surface area (Å²) >= 11 is 0. The molecule has 1 aliphatic carbocycles. The van der Waals surface area contributed by atoms with Crippen LogP contribution in [0.15, 0.2) is 12.1 Å². The van der Waals surface area contributed by atoms with Gasteiger partial charge in [-0.25, -0.2) is 0 Å². The van der Waals surface area contributed by atoms with Gasteiger partial charge in [0.15, 0.2) is 0 Å². The van der Waals surface area contributed by atoms with Gasteiger partial charge in [-0.05, 0) is 68.7 Å². The smallest absolute Gasteiger partial charge is 0.120 e. The number of piperidine rings is 1. The van der Waals surface area contributed by atoms with Crippen molar-refractivity contribution in [3.05, 3.63) is 28.8 Å². The Morgan fingerprint density at radius 1 is 1.24 bits per heavy atom. The Morgan fingerprint density at radius 3 is 2.71 bits per heavy atom. The van der Waals surface area contributed by atoms with E-state index in [4.69, 9.17) is 5.73 Å². The zero-order valence-electron chi connectivity index (χ0n) is 13.5. The minimum absolute atomic E-state index is 0.360. The highest BCUT2D eigenvalue weighted by atomic mass is 16.3. The number of nitrogens with zero attached hydrogens (tertiary/aromatic N) is 1. The minimum atomic E-state index is 0.360. The number of phenolic OH excluding ortho intramolecular Hbond substituents is 1. The van der Waals surface area contributed by atoms with Gasteiger partial charge in [0.25, 0.3) is 0 Å². The van der Waals surface area contributed by atoms with Crippen molar-refractivity contribution in [2.75, 3.05) is 13.1 Å². The molecule has 0 radical (unpaired) electrons. The monoisotopic (exact) mass is 288 g/mol. The molecule has 1 aromatic rings. The molecule has 3 N–H and O–H groups in total. The molecule has 0 bridgehead atoms. The number of hydrogen-bond acceptors (Lipinski definition) is 3. The average molecular weight is 288 g/mol. The van der Waals surface area contributed by atoms with E-state index in [0.29, 0.717) is 29.7 Å². The van der Waals surface area contributed by atoms with Gasteiger partial charge < -0.3 is 10.8 Å². The number of phenols is 1. The van der Waals surface area contributed by atoms with E-state index in [1.807, 2.05) is 6.07 Å². The van der Waals surface area contributed by atoms with Crippen molar-refractivity contribution in [3.63, 3.8) is 0 Å². The highest BCUT2D eigenvalue weighted by Gasteiger charge is 2.39. The Balaban J connectivity index is 1.97. The number of benzene rings is 1. The van der Waals surface area contributed by atoms with Crippen molar-refractivity contribution >= 4 is 0 Å². The highest BCUT2D eigenvalue weighted by molar-refractivity contribution is 5.51. The van der Waals surface area contributed by atoms with Crippen LogP contribution >= 0.6 is 0 Å². The van der Waals surface area contributed by atoms with Crippen molar-refractivity contribution in [1.29, 1.82) is 0 Å². The molecular formula is C18H28N2O. The van der Waals surface area contributed by atoms with Crippen LogP contribution in [0.2, 0.25) is 0 Å². The van der Waals surface area contributed by atoms with Crippen LogP contribution in [-0.4, -0.2) is 29.1 Å². The summed E-state index contributed by atoms with van der Waals surface area (Å²) in [7, 11) is 0. The van der Waals surface area contributed by atoms with Crippen LogP contribution in [0.1, 0.15) is 61.8 Å². The van der Waals surface area contributed by atoms with Crippen LogP contribution in [0.4, 0.5) is 0 Å². The number of aryl methyl sites for hydroxylation is 1. The topological polar surface area (TPSA) is 49.5 Å². The molecule has 0 aromatic heterocycles. The molecule has 1 aliphatic heterocycles. The minimum Gasteiger partial charge on any atom is -0.508 e. The predicted octanol–water partition coefficient (Wildman–Crippen LogP) is 3.31. The van der Waals surface area contributed by atoms with E-state index in [1.54, 1.807) is 0 Å². The SMILES string of the molecule is Cc1ccc(O)c2c1C(C)CC2N1CC(CN)CCC1C. The lowest BCUT2D eigenvalue weighted by atomic mass is 9.90. The summed E-state index contributed by atoms with van der Waals surface area (Å²) in [6, 6.07) is 4.86. The molecule has 1 fully saturated rings. The zero-order chi connectivity index (χ0) is 15.1. The molecule has 4 atom stereocenters. The summed E-state index contributed by atoms with van der Waals surface area (Å²) in [4.78, 5) is 2.60. The van der Waals surface area contributed by atoms with Gasteiger partial charge in [-0.1, -0.05) is 13.0 Å². The number of hydrogen-bond donors (Lipinski definition) is 2. The van der Waals surface area contributed by atoms with Crippen molar-refractivity contribution in [1.82, 2.24) is 4.90 Å². The van der Waals surface area contributed by atoms with E-state index in [9.17, 15) is 5.11 Å². The lowest BCUT2D eigenvalue weighted by Crippen LogP contribution is -2.45. The van der Waals surface area contributed by atoms with Gasteiger partial charge >= 0.3 is 0 Å². The van der Waals surface area contributed by atoms with Crippen molar-refractivity contribution < 1.29 is 5.11 Å². The van der Waals surface area contributed by atoms with Gasteiger partial charge in [0.05, 0.1) is 0 Å². The van der Waals surface area contributed by atoms with Crippen LogP contribution in [0.3, 0.4) is 0 Å². The first-order chi connectivity index (χ1) is 10.0. The second-order valence-electron chi connectivity index (χ2n) is 7.11. The van der Waals surface area contributed by atoms with E-state index >= 15 is 0 Å². The first-order valence-electron chi connectivity index (χ1n) is 8.31. The molecule has 21 heavy (non-hydrogen) atoms. The quantitative estimate of drug-likeness (QED) is 0.878. The van der Waals surface area contributed by atoms with E-state index in [1.165, 1.54) is 29.5 Å². The van der Waals surface area contributed by atoms with E-state index in [2.05, 4.69) is 31.7 Å². The molecule has 0 amide bonds. The highest BCUT2D eigenvalue weighted by Crippen LogP contribution is 2.50. The lowest BCUT2D eigenvalue weighted by Gasteiger charge is -2.42. The summed E-state index contributed by atoms with van der Waals surface area (Å²) < 4.78 is 0. The third-order valence-electron chi connectivity index (χ3n) is 5.65. The zero-order valence-corrected chi connectivity index (χ0v) is 13.5. The van der Waals surface area contributed by atoms with Gasteiger partial charge in [-0.2, -0.15) is 0 Å². The number of likely N-dealkylation sites (tertiary alicyclic amines) is 1. The Morgan fingerprint density at radius 2 is 2.00 bits per heavy atom. The number of aromatic hydroxyl groups is 1. The largest absolute Gasteiger partial charge is 0.508 e. The molecular weight excluding hydrogens is 260 g/mol. The Kier molecular flexibility index (Phi) is 3.98. The molecule has 1 saturated heterocycles. The second kappa shape index (κ2) is 5.62. The molecule has 4 unspecified atom stereocenters.